The fraction of sp³-hybridized carbons (Fsp3) is 0.167. The zero-order chi connectivity index (χ0) is 7.11. The number of nitrogens with zero attached hydrogens (tertiary/aromatic N) is 1. The Morgan fingerprint density at radius 3 is 2.78 bits per heavy atom. The molecule has 0 rings (SSSR count). The summed E-state index contributed by atoms with van der Waals surface area (Å²) in [6, 6.07) is 1.76. The second-order valence-corrected chi connectivity index (χ2v) is 1.92. The number of allylic oxidation sites excluding steroid dienone is 4. The molecule has 0 unspecified atom stereocenters. The maximum absolute atomic E-state index is 8.12. The van der Waals surface area contributed by atoms with Crippen molar-refractivity contribution >= 4 is 23.2 Å². The molecule has 0 radical (unpaired) electrons. The van der Waals surface area contributed by atoms with Gasteiger partial charge in [0.15, 0.2) is 0 Å². The van der Waals surface area contributed by atoms with Gasteiger partial charge in [0.1, 0.15) is 11.1 Å². The Kier molecular flexibility index (Phi) is 5.40. The van der Waals surface area contributed by atoms with Crippen molar-refractivity contribution in [3.63, 3.8) is 0 Å². The number of nitriles is 1. The maximum Gasteiger partial charge on any atom is 0.118 e. The second kappa shape index (κ2) is 5.68. The van der Waals surface area contributed by atoms with Gasteiger partial charge < -0.3 is 0 Å². The molecular weight excluding hydrogens is 157 g/mol. The number of hydrogen-bond acceptors (Lipinski definition) is 1. The number of alkyl halides is 1. The van der Waals surface area contributed by atoms with E-state index in [1.807, 2.05) is 0 Å². The molecule has 0 atom stereocenters. The van der Waals surface area contributed by atoms with Crippen LogP contribution in [-0.2, 0) is 0 Å². The molecule has 1 nitrogen and oxygen atoms in total. The van der Waals surface area contributed by atoms with Crippen LogP contribution in [0, 0.1) is 11.3 Å². The quantitative estimate of drug-likeness (QED) is 0.347. The van der Waals surface area contributed by atoms with Crippen LogP contribution in [0.25, 0.3) is 0 Å². The second-order valence-electron chi connectivity index (χ2n) is 1.21. The lowest BCUT2D eigenvalue weighted by atomic mass is 10.4. The van der Waals surface area contributed by atoms with Gasteiger partial charge in [0.25, 0.3) is 0 Å². The monoisotopic (exact) mass is 161 g/mol. The third-order valence-electron chi connectivity index (χ3n) is 0.575. The van der Waals surface area contributed by atoms with Crippen LogP contribution in [0.4, 0.5) is 0 Å². The summed E-state index contributed by atoms with van der Waals surface area (Å²) in [5, 5.41) is 8.28. The molecule has 0 saturated heterocycles. The van der Waals surface area contributed by atoms with Gasteiger partial charge in [0, 0.05) is 5.88 Å². The minimum Gasteiger partial charge on any atom is -0.191 e. The molecule has 0 fully saturated rings. The van der Waals surface area contributed by atoms with Crippen LogP contribution in [-0.4, -0.2) is 5.88 Å². The minimum atomic E-state index is 0.163. The Morgan fingerprint density at radius 1 is 1.67 bits per heavy atom. The topological polar surface area (TPSA) is 23.8 Å². The lowest BCUT2D eigenvalue weighted by Gasteiger charge is -1.74. The largest absolute Gasteiger partial charge is 0.191 e. The molecule has 0 N–H and O–H groups in total. The zero-order valence-electron chi connectivity index (χ0n) is 4.64. The van der Waals surface area contributed by atoms with E-state index in [0.29, 0.717) is 5.88 Å². The predicted octanol–water partition coefficient (Wildman–Crippen LogP) is 2.43. The van der Waals surface area contributed by atoms with Crippen molar-refractivity contribution in [2.24, 2.45) is 0 Å². The molecule has 0 aromatic carbocycles. The van der Waals surface area contributed by atoms with Crippen molar-refractivity contribution in [3.8, 4) is 6.07 Å². The number of hydrogen-bond donors (Lipinski definition) is 0. The van der Waals surface area contributed by atoms with E-state index < -0.39 is 0 Å². The minimum absolute atomic E-state index is 0.163. The highest BCUT2D eigenvalue weighted by molar-refractivity contribution is 6.32. The summed E-state index contributed by atoms with van der Waals surface area (Å²) < 4.78 is 0. The molecule has 0 heterocycles. The van der Waals surface area contributed by atoms with Gasteiger partial charge in [-0.15, -0.1) is 11.6 Å². The van der Waals surface area contributed by atoms with Crippen LogP contribution in [0.5, 0.6) is 0 Å². The van der Waals surface area contributed by atoms with Gasteiger partial charge in [-0.3, -0.25) is 0 Å². The third kappa shape index (κ3) is 5.42. The van der Waals surface area contributed by atoms with Crippen LogP contribution in [0.2, 0.25) is 0 Å². The molecule has 3 heteroatoms. The fourth-order valence-electron chi connectivity index (χ4n) is 0.241. The average molecular weight is 162 g/mol. The highest BCUT2D eigenvalue weighted by Gasteiger charge is 1.79. The number of halogens is 2. The Balaban J connectivity index is 3.72. The van der Waals surface area contributed by atoms with E-state index in [2.05, 4.69) is 0 Å². The van der Waals surface area contributed by atoms with Crippen LogP contribution in [0.15, 0.2) is 23.3 Å². The highest BCUT2D eigenvalue weighted by atomic mass is 35.5. The number of rotatable bonds is 2. The van der Waals surface area contributed by atoms with E-state index in [-0.39, 0.29) is 5.03 Å². The molecular formula is C6H5Cl2N. The normalized spacial score (nSPS) is 11.9. The van der Waals surface area contributed by atoms with E-state index in [1.165, 1.54) is 6.08 Å². The first-order valence-electron chi connectivity index (χ1n) is 2.29. The predicted molar refractivity (Wildman–Crippen MR) is 39.4 cm³/mol. The molecule has 0 amide bonds. The van der Waals surface area contributed by atoms with Gasteiger partial charge in [-0.2, -0.15) is 5.26 Å². The molecule has 0 aliphatic heterocycles. The summed E-state index contributed by atoms with van der Waals surface area (Å²) >= 11 is 10.6. The van der Waals surface area contributed by atoms with E-state index in [0.717, 1.165) is 0 Å². The first-order chi connectivity index (χ1) is 4.31. The standard InChI is InChI=1S/C6H5Cl2N/c7-4-2-1-3-6(8)5-9/h1-3H,4H2/b2-1+,6-3+. The summed E-state index contributed by atoms with van der Waals surface area (Å²) in [5.74, 6) is 0.437. The van der Waals surface area contributed by atoms with Gasteiger partial charge in [-0.05, 0) is 6.08 Å². The Labute approximate surface area is 64.2 Å². The lowest BCUT2D eigenvalue weighted by molar-refractivity contribution is 1.52. The summed E-state index contributed by atoms with van der Waals surface area (Å²) in [7, 11) is 0. The van der Waals surface area contributed by atoms with Crippen LogP contribution >= 0.6 is 23.2 Å². The molecule has 0 aliphatic carbocycles. The SMILES string of the molecule is N#C/C(Cl)=C\C=C\CCl. The van der Waals surface area contributed by atoms with Crippen molar-refractivity contribution in [1.29, 1.82) is 5.26 Å². The molecule has 0 saturated carbocycles. The first kappa shape index (κ1) is 8.55. The molecule has 9 heavy (non-hydrogen) atoms. The van der Waals surface area contributed by atoms with Gasteiger partial charge in [-0.1, -0.05) is 23.8 Å². The maximum atomic E-state index is 8.12. The van der Waals surface area contributed by atoms with Crippen molar-refractivity contribution in [1.82, 2.24) is 0 Å². The Bertz CT molecular complexity index is 164. The van der Waals surface area contributed by atoms with E-state index in [4.69, 9.17) is 28.5 Å². The molecule has 48 valence electrons. The molecule has 0 aromatic rings. The zero-order valence-corrected chi connectivity index (χ0v) is 6.15. The van der Waals surface area contributed by atoms with Gasteiger partial charge >= 0.3 is 0 Å². The molecule has 0 spiro atoms. The first-order valence-corrected chi connectivity index (χ1v) is 3.21. The van der Waals surface area contributed by atoms with Crippen molar-refractivity contribution in [2.45, 2.75) is 0 Å². The lowest BCUT2D eigenvalue weighted by Crippen LogP contribution is -1.60. The molecule has 0 aliphatic rings. The Morgan fingerprint density at radius 2 is 2.33 bits per heavy atom. The van der Waals surface area contributed by atoms with E-state index in [9.17, 15) is 0 Å². The van der Waals surface area contributed by atoms with Gasteiger partial charge in [0.05, 0.1) is 0 Å². The van der Waals surface area contributed by atoms with Gasteiger partial charge in [0.2, 0.25) is 0 Å². The average Bonchev–Trinajstić information content (AvgIpc) is 1.89. The smallest absolute Gasteiger partial charge is 0.118 e. The molecule has 0 bridgehead atoms. The fourth-order valence-corrected chi connectivity index (χ4v) is 0.417. The van der Waals surface area contributed by atoms with Crippen LogP contribution < -0.4 is 0 Å². The van der Waals surface area contributed by atoms with Gasteiger partial charge in [-0.25, -0.2) is 0 Å². The summed E-state index contributed by atoms with van der Waals surface area (Å²) in [6.45, 7) is 0. The van der Waals surface area contributed by atoms with Crippen molar-refractivity contribution in [3.05, 3.63) is 23.3 Å². The summed E-state index contributed by atoms with van der Waals surface area (Å²) in [5.41, 5.74) is 0. The van der Waals surface area contributed by atoms with Crippen molar-refractivity contribution in [2.75, 3.05) is 5.88 Å². The highest BCUT2D eigenvalue weighted by Crippen LogP contribution is 1.97. The Hall–Kier alpha value is -0.450. The van der Waals surface area contributed by atoms with Crippen molar-refractivity contribution < 1.29 is 0 Å². The summed E-state index contributed by atoms with van der Waals surface area (Å²) in [4.78, 5) is 0. The van der Waals surface area contributed by atoms with Crippen LogP contribution in [0.3, 0.4) is 0 Å². The van der Waals surface area contributed by atoms with Crippen LogP contribution in [0.1, 0.15) is 0 Å². The third-order valence-corrected chi connectivity index (χ3v) is 0.963. The van der Waals surface area contributed by atoms with E-state index in [1.54, 1.807) is 18.2 Å². The molecule has 0 aromatic heterocycles. The summed E-state index contributed by atoms with van der Waals surface area (Å²) in [6.07, 6.45) is 4.82. The van der Waals surface area contributed by atoms with E-state index >= 15 is 0 Å².